The number of rotatable bonds is 0. The molecule has 2 heteroatoms. The van der Waals surface area contributed by atoms with Gasteiger partial charge in [-0.25, -0.2) is 0 Å². The van der Waals surface area contributed by atoms with Crippen LogP contribution in [0.2, 0.25) is 0 Å². The summed E-state index contributed by atoms with van der Waals surface area (Å²) < 4.78 is 0. The predicted molar refractivity (Wildman–Crippen MR) is 58.4 cm³/mol. The number of hydrogen-bond donors (Lipinski definition) is 0. The predicted octanol–water partition coefficient (Wildman–Crippen LogP) is 1.71. The minimum atomic E-state index is 0.929. The van der Waals surface area contributed by atoms with E-state index < -0.39 is 0 Å². The summed E-state index contributed by atoms with van der Waals surface area (Å²) in [6.07, 6.45) is 8.80. The van der Waals surface area contributed by atoms with Crippen molar-refractivity contribution in [1.82, 2.24) is 9.80 Å². The third-order valence-electron chi connectivity index (χ3n) is 4.45. The topological polar surface area (TPSA) is 6.48 Å². The first-order chi connectivity index (χ1) is 6.95. The van der Waals surface area contributed by atoms with Gasteiger partial charge in [0.05, 0.1) is 0 Å². The molecule has 3 rings (SSSR count). The van der Waals surface area contributed by atoms with E-state index in [0.29, 0.717) is 0 Å². The molecule has 0 amide bonds. The number of piperidine rings is 2. The molecule has 0 bridgehead atoms. The number of hydrogen-bond acceptors (Lipinski definition) is 2. The van der Waals surface area contributed by atoms with Gasteiger partial charge in [-0.2, -0.15) is 0 Å². The van der Waals surface area contributed by atoms with Crippen LogP contribution < -0.4 is 0 Å². The van der Waals surface area contributed by atoms with Crippen LogP contribution in [0.5, 0.6) is 0 Å². The Bertz CT molecular complexity index is 182. The first-order valence-corrected chi connectivity index (χ1v) is 6.43. The molecule has 0 aliphatic carbocycles. The number of piperazine rings is 1. The van der Waals surface area contributed by atoms with E-state index in [9.17, 15) is 0 Å². The summed E-state index contributed by atoms with van der Waals surface area (Å²) in [5.74, 6) is 0. The van der Waals surface area contributed by atoms with Gasteiger partial charge >= 0.3 is 0 Å². The lowest BCUT2D eigenvalue weighted by Gasteiger charge is -2.51. The zero-order valence-electron chi connectivity index (χ0n) is 9.12. The van der Waals surface area contributed by atoms with Crippen LogP contribution in [0.15, 0.2) is 0 Å². The lowest BCUT2D eigenvalue weighted by Crippen LogP contribution is -2.61. The Balaban J connectivity index is 1.74. The molecule has 3 aliphatic rings. The maximum absolute atomic E-state index is 2.77. The van der Waals surface area contributed by atoms with Gasteiger partial charge in [-0.3, -0.25) is 9.80 Å². The second-order valence-corrected chi connectivity index (χ2v) is 5.20. The summed E-state index contributed by atoms with van der Waals surface area (Å²) in [7, 11) is 0. The Morgan fingerprint density at radius 2 is 1.07 bits per heavy atom. The Labute approximate surface area is 87.3 Å². The average Bonchev–Trinajstić information content (AvgIpc) is 2.29. The van der Waals surface area contributed by atoms with Gasteiger partial charge in [0, 0.05) is 25.2 Å². The van der Waals surface area contributed by atoms with E-state index in [4.69, 9.17) is 0 Å². The van der Waals surface area contributed by atoms with Crippen molar-refractivity contribution in [3.8, 4) is 0 Å². The monoisotopic (exact) mass is 194 g/mol. The molecule has 0 saturated carbocycles. The third kappa shape index (κ3) is 1.49. The lowest BCUT2D eigenvalue weighted by atomic mass is 9.87. The van der Waals surface area contributed by atoms with Crippen molar-refractivity contribution in [1.29, 1.82) is 0 Å². The van der Waals surface area contributed by atoms with Crippen LogP contribution in [0.25, 0.3) is 0 Å². The number of fused-ring (bicyclic) bond motifs is 3. The first-order valence-electron chi connectivity index (χ1n) is 6.43. The number of nitrogens with zero attached hydrogens (tertiary/aromatic N) is 2. The van der Waals surface area contributed by atoms with Crippen molar-refractivity contribution < 1.29 is 0 Å². The molecule has 3 fully saturated rings. The molecule has 3 heterocycles. The fraction of sp³-hybridized carbons (Fsp3) is 1.00. The van der Waals surface area contributed by atoms with Gasteiger partial charge in [-0.05, 0) is 38.8 Å². The molecule has 0 radical (unpaired) electrons. The fourth-order valence-electron chi connectivity index (χ4n) is 3.72. The molecule has 0 spiro atoms. The zero-order valence-corrected chi connectivity index (χ0v) is 9.12. The van der Waals surface area contributed by atoms with Crippen molar-refractivity contribution in [3.05, 3.63) is 0 Å². The van der Waals surface area contributed by atoms with Crippen molar-refractivity contribution in [2.24, 2.45) is 0 Å². The van der Waals surface area contributed by atoms with Crippen LogP contribution in [-0.4, -0.2) is 48.1 Å². The van der Waals surface area contributed by atoms with E-state index in [1.165, 1.54) is 64.7 Å². The molecule has 0 aromatic heterocycles. The summed E-state index contributed by atoms with van der Waals surface area (Å²) in [5, 5.41) is 0. The molecule has 2 atom stereocenters. The Morgan fingerprint density at radius 1 is 0.571 bits per heavy atom. The SMILES string of the molecule is C1CCN2CCN3CCCC[C@H]3[C@@H]2C1. The highest BCUT2D eigenvalue weighted by molar-refractivity contribution is 4.95. The van der Waals surface area contributed by atoms with Crippen molar-refractivity contribution in [2.75, 3.05) is 26.2 Å². The van der Waals surface area contributed by atoms with Gasteiger partial charge < -0.3 is 0 Å². The van der Waals surface area contributed by atoms with E-state index in [2.05, 4.69) is 9.80 Å². The van der Waals surface area contributed by atoms with Crippen LogP contribution in [0, 0.1) is 0 Å². The van der Waals surface area contributed by atoms with E-state index in [-0.39, 0.29) is 0 Å². The quantitative estimate of drug-likeness (QED) is 0.579. The standard InChI is InChI=1S/C12H22N2/c1-3-7-13-9-10-14-8-4-2-6-12(14)11(13)5-1/h11-12H,1-10H2/t11-,12-/m0/s1. The second kappa shape index (κ2) is 3.82. The van der Waals surface area contributed by atoms with E-state index in [1.807, 2.05) is 0 Å². The van der Waals surface area contributed by atoms with Crippen LogP contribution in [0.4, 0.5) is 0 Å². The molecule has 80 valence electrons. The maximum Gasteiger partial charge on any atom is 0.0252 e. The first kappa shape index (κ1) is 9.17. The molecular formula is C12H22N2. The van der Waals surface area contributed by atoms with Gasteiger partial charge in [0.2, 0.25) is 0 Å². The van der Waals surface area contributed by atoms with Gasteiger partial charge in [0.1, 0.15) is 0 Å². The second-order valence-electron chi connectivity index (χ2n) is 5.20. The van der Waals surface area contributed by atoms with Crippen molar-refractivity contribution >= 4 is 0 Å². The Kier molecular flexibility index (Phi) is 2.50. The van der Waals surface area contributed by atoms with Crippen LogP contribution in [0.1, 0.15) is 38.5 Å². The van der Waals surface area contributed by atoms with Gasteiger partial charge in [-0.15, -0.1) is 0 Å². The fourth-order valence-corrected chi connectivity index (χ4v) is 3.72. The van der Waals surface area contributed by atoms with Crippen LogP contribution in [-0.2, 0) is 0 Å². The molecule has 0 unspecified atom stereocenters. The van der Waals surface area contributed by atoms with Gasteiger partial charge in [0.15, 0.2) is 0 Å². The van der Waals surface area contributed by atoms with E-state index >= 15 is 0 Å². The van der Waals surface area contributed by atoms with Crippen LogP contribution in [0.3, 0.4) is 0 Å². The maximum atomic E-state index is 2.77. The van der Waals surface area contributed by atoms with E-state index in [1.54, 1.807) is 0 Å². The molecule has 0 aromatic carbocycles. The summed E-state index contributed by atoms with van der Waals surface area (Å²) in [6, 6.07) is 1.86. The largest absolute Gasteiger partial charge is 0.298 e. The molecule has 2 nitrogen and oxygen atoms in total. The smallest absolute Gasteiger partial charge is 0.0252 e. The summed E-state index contributed by atoms with van der Waals surface area (Å²) >= 11 is 0. The molecular weight excluding hydrogens is 172 g/mol. The highest BCUT2D eigenvalue weighted by atomic mass is 15.3. The summed E-state index contributed by atoms with van der Waals surface area (Å²) in [4.78, 5) is 5.55. The third-order valence-corrected chi connectivity index (χ3v) is 4.45. The highest BCUT2D eigenvalue weighted by Gasteiger charge is 2.38. The summed E-state index contributed by atoms with van der Waals surface area (Å²) in [6.45, 7) is 5.46. The molecule has 14 heavy (non-hydrogen) atoms. The van der Waals surface area contributed by atoms with E-state index in [0.717, 1.165) is 12.1 Å². The molecule has 0 N–H and O–H groups in total. The normalized spacial score (nSPS) is 40.3. The average molecular weight is 194 g/mol. The van der Waals surface area contributed by atoms with Crippen molar-refractivity contribution in [3.63, 3.8) is 0 Å². The van der Waals surface area contributed by atoms with Gasteiger partial charge in [0.25, 0.3) is 0 Å². The Hall–Kier alpha value is -0.0800. The molecule has 3 aliphatic heterocycles. The zero-order chi connectivity index (χ0) is 9.38. The summed E-state index contributed by atoms with van der Waals surface area (Å²) in [5.41, 5.74) is 0. The molecule has 0 aromatic rings. The molecule has 3 saturated heterocycles. The minimum absolute atomic E-state index is 0.929. The van der Waals surface area contributed by atoms with Gasteiger partial charge in [-0.1, -0.05) is 12.8 Å². The lowest BCUT2D eigenvalue weighted by molar-refractivity contribution is -0.0187. The minimum Gasteiger partial charge on any atom is -0.298 e. The van der Waals surface area contributed by atoms with Crippen LogP contribution >= 0.6 is 0 Å². The highest BCUT2D eigenvalue weighted by Crippen LogP contribution is 2.31. The Morgan fingerprint density at radius 3 is 1.57 bits per heavy atom. The van der Waals surface area contributed by atoms with Crippen molar-refractivity contribution in [2.45, 2.75) is 50.6 Å².